The van der Waals surface area contributed by atoms with Gasteiger partial charge in [0.15, 0.2) is 5.75 Å². The van der Waals surface area contributed by atoms with Gasteiger partial charge in [0, 0.05) is 7.05 Å². The Morgan fingerprint density at radius 1 is 0.970 bits per heavy atom. The Morgan fingerprint density at radius 3 is 2.27 bits per heavy atom. The molecule has 0 atom stereocenters. The van der Waals surface area contributed by atoms with Crippen molar-refractivity contribution in [3.8, 4) is 5.75 Å². The summed E-state index contributed by atoms with van der Waals surface area (Å²) in [5.41, 5.74) is -0.919. The molecule has 2 amide bonds. The van der Waals surface area contributed by atoms with Crippen LogP contribution in [0, 0.1) is 0 Å². The topological polar surface area (TPSA) is 104 Å². The number of anilines is 1. The van der Waals surface area contributed by atoms with E-state index < -0.39 is 35.0 Å². The van der Waals surface area contributed by atoms with Gasteiger partial charge in [0.2, 0.25) is 0 Å². The van der Waals surface area contributed by atoms with Crippen LogP contribution in [0.3, 0.4) is 0 Å². The molecule has 172 valence electrons. The first-order valence-corrected chi connectivity index (χ1v) is 10.4. The molecule has 33 heavy (non-hydrogen) atoms. The number of halogens is 1. The Bertz CT molecular complexity index is 1270. The lowest BCUT2D eigenvalue weighted by Gasteiger charge is -2.22. The summed E-state index contributed by atoms with van der Waals surface area (Å²) in [6.07, 6.45) is -2.14. The van der Waals surface area contributed by atoms with Crippen LogP contribution < -0.4 is 15.2 Å². The van der Waals surface area contributed by atoms with Gasteiger partial charge in [-0.2, -0.15) is 0 Å². The van der Waals surface area contributed by atoms with Gasteiger partial charge >= 0.3 is 12.2 Å². The molecule has 1 aromatic heterocycles. The minimum absolute atomic E-state index is 0.00239. The van der Waals surface area contributed by atoms with E-state index in [0.29, 0.717) is 10.4 Å². The van der Waals surface area contributed by atoms with Gasteiger partial charge in [-0.15, -0.1) is 0 Å². The van der Waals surface area contributed by atoms with Crippen LogP contribution in [0.15, 0.2) is 53.3 Å². The summed E-state index contributed by atoms with van der Waals surface area (Å²) in [7, 11) is 1.43. The highest BCUT2D eigenvalue weighted by Crippen LogP contribution is 2.35. The molecule has 0 aliphatic carbocycles. The molecule has 0 fully saturated rings. The molecule has 1 heterocycles. The number of nitrogens with zero attached hydrogens (tertiary/aromatic N) is 2. The molecule has 0 bridgehead atoms. The summed E-state index contributed by atoms with van der Waals surface area (Å²) in [5.74, 6) is -1.46. The van der Waals surface area contributed by atoms with Gasteiger partial charge in [-0.05, 0) is 38.1 Å². The lowest BCUT2D eigenvalue weighted by molar-refractivity contribution is 0.0952. The van der Waals surface area contributed by atoms with Crippen molar-refractivity contribution in [2.45, 2.75) is 13.8 Å². The molecular weight excluding hydrogens is 452 g/mol. The summed E-state index contributed by atoms with van der Waals surface area (Å²) in [6, 6.07) is 12.6. The fourth-order valence-electron chi connectivity index (χ4n) is 3.22. The number of carbonyl (C=O) groups excluding carboxylic acids is 3. The van der Waals surface area contributed by atoms with Gasteiger partial charge in [0.25, 0.3) is 11.5 Å². The molecule has 0 spiro atoms. The Labute approximate surface area is 194 Å². The smallest absolute Gasteiger partial charge is 0.449 e. The average molecular weight is 473 g/mol. The highest BCUT2D eigenvalue weighted by molar-refractivity contribution is 6.36. The molecule has 0 unspecified atom stereocenters. The van der Waals surface area contributed by atoms with Crippen molar-refractivity contribution in [3.63, 3.8) is 0 Å². The Kier molecular flexibility index (Phi) is 7.34. The number of rotatable bonds is 5. The molecular formula is C23H21ClN2O7. The second-order valence-corrected chi connectivity index (χ2v) is 7.07. The number of aromatic nitrogens is 1. The number of benzene rings is 2. The van der Waals surface area contributed by atoms with Crippen LogP contribution in [-0.2, 0) is 16.5 Å². The predicted molar refractivity (Wildman–Crippen MR) is 122 cm³/mol. The van der Waals surface area contributed by atoms with Gasteiger partial charge in [-0.1, -0.05) is 35.9 Å². The minimum Gasteiger partial charge on any atom is -0.449 e. The number of pyridine rings is 1. The fraction of sp³-hybridized carbons (Fsp3) is 0.217. The van der Waals surface area contributed by atoms with Crippen molar-refractivity contribution in [1.82, 2.24) is 4.57 Å². The number of imide groups is 1. The summed E-state index contributed by atoms with van der Waals surface area (Å²) in [5, 5.41) is 0.258. The van der Waals surface area contributed by atoms with E-state index in [1.807, 2.05) is 0 Å². The van der Waals surface area contributed by atoms with Crippen LogP contribution in [0.4, 0.5) is 15.3 Å². The second kappa shape index (κ2) is 10.2. The van der Waals surface area contributed by atoms with Crippen molar-refractivity contribution in [3.05, 3.63) is 69.5 Å². The van der Waals surface area contributed by atoms with Crippen molar-refractivity contribution < 1.29 is 28.6 Å². The molecule has 3 aromatic rings. The number of fused-ring (bicyclic) bond motifs is 1. The lowest BCUT2D eigenvalue weighted by atomic mass is 10.1. The first-order chi connectivity index (χ1) is 15.8. The van der Waals surface area contributed by atoms with E-state index in [1.165, 1.54) is 29.8 Å². The number of para-hydroxylation sites is 1. The quantitative estimate of drug-likeness (QED) is 0.502. The zero-order valence-electron chi connectivity index (χ0n) is 18.2. The molecule has 2 aromatic carbocycles. The Hall–Kier alpha value is -3.85. The van der Waals surface area contributed by atoms with Gasteiger partial charge in [-0.25, -0.2) is 14.5 Å². The molecule has 0 saturated heterocycles. The van der Waals surface area contributed by atoms with Gasteiger partial charge in [0.05, 0.1) is 34.8 Å². The minimum atomic E-state index is -1.14. The van der Waals surface area contributed by atoms with Crippen molar-refractivity contribution in [1.29, 1.82) is 0 Å². The van der Waals surface area contributed by atoms with E-state index in [4.69, 9.17) is 25.8 Å². The van der Waals surface area contributed by atoms with Crippen LogP contribution in [0.1, 0.15) is 24.2 Å². The summed E-state index contributed by atoms with van der Waals surface area (Å²) in [6.45, 7) is 3.14. The van der Waals surface area contributed by atoms with Crippen LogP contribution >= 0.6 is 11.6 Å². The van der Waals surface area contributed by atoms with E-state index in [9.17, 15) is 19.2 Å². The maximum absolute atomic E-state index is 13.7. The van der Waals surface area contributed by atoms with Gasteiger partial charge < -0.3 is 18.8 Å². The molecule has 0 saturated carbocycles. The summed E-state index contributed by atoms with van der Waals surface area (Å²) >= 11 is 6.37. The second-order valence-electron chi connectivity index (χ2n) is 6.66. The fourth-order valence-corrected chi connectivity index (χ4v) is 3.48. The predicted octanol–water partition coefficient (Wildman–Crippen LogP) is 4.53. The van der Waals surface area contributed by atoms with Crippen LogP contribution in [0.25, 0.3) is 10.9 Å². The van der Waals surface area contributed by atoms with Crippen LogP contribution in [0.5, 0.6) is 5.75 Å². The SMILES string of the molecule is CCOC(=O)Oc1c(C(=O)N(C(=O)OCC)c2ccccc2)c(=O)n(C)c2cccc(Cl)c12. The maximum atomic E-state index is 13.7. The van der Waals surface area contributed by atoms with Crippen molar-refractivity contribution in [2.24, 2.45) is 7.05 Å². The third kappa shape index (κ3) is 4.68. The highest BCUT2D eigenvalue weighted by atomic mass is 35.5. The average Bonchev–Trinajstić information content (AvgIpc) is 2.78. The normalized spacial score (nSPS) is 10.5. The third-order valence-electron chi connectivity index (χ3n) is 4.65. The van der Waals surface area contributed by atoms with Crippen molar-refractivity contribution in [2.75, 3.05) is 18.1 Å². The van der Waals surface area contributed by atoms with Crippen molar-refractivity contribution >= 4 is 46.3 Å². The van der Waals surface area contributed by atoms with Gasteiger partial charge in [0.1, 0.15) is 5.56 Å². The van der Waals surface area contributed by atoms with E-state index >= 15 is 0 Å². The van der Waals surface area contributed by atoms with Crippen LogP contribution in [-0.4, -0.2) is 35.9 Å². The molecule has 0 aliphatic heterocycles. The zero-order chi connectivity index (χ0) is 24.1. The number of ether oxygens (including phenoxy) is 3. The molecule has 0 N–H and O–H groups in total. The van der Waals surface area contributed by atoms with E-state index in [-0.39, 0.29) is 29.3 Å². The Morgan fingerprint density at radius 2 is 1.64 bits per heavy atom. The van der Waals surface area contributed by atoms with E-state index in [1.54, 1.807) is 44.2 Å². The molecule has 0 radical (unpaired) electrons. The molecule has 0 aliphatic rings. The molecule has 9 nitrogen and oxygen atoms in total. The molecule has 10 heteroatoms. The standard InChI is InChI=1S/C23H21ClN2O7/c1-4-31-22(29)26(14-10-7-6-8-11-14)21(28)18-19(33-23(30)32-5-2)17-15(24)12-9-13-16(17)25(3)20(18)27/h6-13H,4-5H2,1-3H3. The zero-order valence-corrected chi connectivity index (χ0v) is 18.9. The van der Waals surface area contributed by atoms with Crippen LogP contribution in [0.2, 0.25) is 5.02 Å². The first-order valence-electron chi connectivity index (χ1n) is 10.0. The number of aryl methyl sites for hydroxylation is 1. The van der Waals surface area contributed by atoms with E-state index in [2.05, 4.69) is 0 Å². The third-order valence-corrected chi connectivity index (χ3v) is 4.97. The highest BCUT2D eigenvalue weighted by Gasteiger charge is 2.34. The monoisotopic (exact) mass is 472 g/mol. The number of hydrogen-bond donors (Lipinski definition) is 0. The van der Waals surface area contributed by atoms with E-state index in [0.717, 1.165) is 0 Å². The largest absolute Gasteiger partial charge is 0.513 e. The summed E-state index contributed by atoms with van der Waals surface area (Å²) < 4.78 is 16.4. The number of hydrogen-bond acceptors (Lipinski definition) is 7. The Balaban J connectivity index is 2.33. The number of amides is 2. The first kappa shape index (κ1) is 23.8. The number of carbonyl (C=O) groups is 3. The van der Waals surface area contributed by atoms with Gasteiger partial charge in [-0.3, -0.25) is 9.59 Å². The lowest BCUT2D eigenvalue weighted by Crippen LogP contribution is -2.41. The summed E-state index contributed by atoms with van der Waals surface area (Å²) in [4.78, 5) is 52.6. The molecule has 3 rings (SSSR count). The maximum Gasteiger partial charge on any atom is 0.513 e.